The molecule has 0 aromatic rings. The van der Waals surface area contributed by atoms with Gasteiger partial charge in [0, 0.05) is 32.2 Å². The Kier molecular flexibility index (Phi) is 5.04. The summed E-state index contributed by atoms with van der Waals surface area (Å²) in [6, 6.07) is 0.152. The zero-order valence-corrected chi connectivity index (χ0v) is 13.2. The van der Waals surface area contributed by atoms with Gasteiger partial charge in [0.05, 0.1) is 12.3 Å². The van der Waals surface area contributed by atoms with Crippen molar-refractivity contribution in [2.24, 2.45) is 0 Å². The van der Waals surface area contributed by atoms with Gasteiger partial charge in [-0.2, -0.15) is 4.31 Å². The lowest BCUT2D eigenvalue weighted by molar-refractivity contribution is -0.127. The van der Waals surface area contributed by atoms with Crippen LogP contribution < -0.4 is 5.32 Å². The third kappa shape index (κ3) is 3.93. The van der Waals surface area contributed by atoms with Crippen LogP contribution in [-0.2, 0) is 14.8 Å². The summed E-state index contributed by atoms with van der Waals surface area (Å²) in [6.07, 6.45) is 5.80. The topological polar surface area (TPSA) is 69.7 Å². The summed E-state index contributed by atoms with van der Waals surface area (Å²) in [5.74, 6) is 0.0738. The van der Waals surface area contributed by atoms with Gasteiger partial charge in [-0.05, 0) is 19.8 Å². The van der Waals surface area contributed by atoms with Crippen molar-refractivity contribution in [2.75, 3.05) is 32.4 Å². The fourth-order valence-corrected chi connectivity index (χ4v) is 3.81. The first-order chi connectivity index (χ1) is 9.38. The van der Waals surface area contributed by atoms with Gasteiger partial charge in [0.1, 0.15) is 0 Å². The van der Waals surface area contributed by atoms with Gasteiger partial charge in [0.2, 0.25) is 15.9 Å². The molecule has 1 aliphatic carbocycles. The summed E-state index contributed by atoms with van der Waals surface area (Å²) in [6.45, 7) is 4.08. The van der Waals surface area contributed by atoms with Crippen LogP contribution in [0, 0.1) is 0 Å². The smallest absolute Gasteiger partial charge is 0.237 e. The molecule has 2 fully saturated rings. The second-order valence-electron chi connectivity index (χ2n) is 5.86. The van der Waals surface area contributed by atoms with E-state index in [1.165, 1.54) is 23.4 Å². The number of piperazine rings is 1. The van der Waals surface area contributed by atoms with E-state index in [0.29, 0.717) is 32.2 Å². The quantitative estimate of drug-likeness (QED) is 0.794. The Morgan fingerprint density at radius 3 is 2.20 bits per heavy atom. The fraction of sp³-hybridized carbons (Fsp3) is 0.923. The van der Waals surface area contributed by atoms with Crippen molar-refractivity contribution >= 4 is 15.9 Å². The number of carbonyl (C=O) groups excluding carboxylic acids is 1. The average molecular weight is 303 g/mol. The SMILES string of the molecule is CC(C(=O)NC1CCCC1)N1CCN(S(C)(=O)=O)CC1. The average Bonchev–Trinajstić information content (AvgIpc) is 2.90. The lowest BCUT2D eigenvalue weighted by atomic mass is 10.2. The Morgan fingerprint density at radius 1 is 1.15 bits per heavy atom. The standard InChI is InChI=1S/C13H25N3O3S/c1-11(13(17)14-12-5-3-4-6-12)15-7-9-16(10-8-15)20(2,18)19/h11-12H,3-10H2,1-2H3,(H,14,17). The Morgan fingerprint density at radius 2 is 1.70 bits per heavy atom. The normalized spacial score (nSPS) is 24.7. The molecule has 1 unspecified atom stereocenters. The summed E-state index contributed by atoms with van der Waals surface area (Å²) < 4.78 is 24.4. The third-order valence-corrected chi connectivity index (χ3v) is 5.67. The minimum Gasteiger partial charge on any atom is -0.352 e. The van der Waals surface area contributed by atoms with Gasteiger partial charge in [0.25, 0.3) is 0 Å². The maximum atomic E-state index is 12.2. The van der Waals surface area contributed by atoms with E-state index in [9.17, 15) is 13.2 Å². The van der Waals surface area contributed by atoms with E-state index in [0.717, 1.165) is 12.8 Å². The van der Waals surface area contributed by atoms with Crippen LogP contribution in [0.25, 0.3) is 0 Å². The fourth-order valence-electron chi connectivity index (χ4n) is 2.98. The van der Waals surface area contributed by atoms with Gasteiger partial charge in [0.15, 0.2) is 0 Å². The van der Waals surface area contributed by atoms with Crippen LogP contribution in [0.15, 0.2) is 0 Å². The monoisotopic (exact) mass is 303 g/mol. The first-order valence-electron chi connectivity index (χ1n) is 7.37. The van der Waals surface area contributed by atoms with Gasteiger partial charge in [-0.25, -0.2) is 8.42 Å². The molecule has 0 radical (unpaired) electrons. The number of carbonyl (C=O) groups is 1. The van der Waals surface area contributed by atoms with Gasteiger partial charge in [-0.15, -0.1) is 0 Å². The Balaban J connectivity index is 1.81. The van der Waals surface area contributed by atoms with E-state index in [1.54, 1.807) is 0 Å². The van der Waals surface area contributed by atoms with E-state index in [2.05, 4.69) is 10.2 Å². The molecule has 1 amide bonds. The molecule has 7 heteroatoms. The van der Waals surface area contributed by atoms with Crippen molar-refractivity contribution in [3.63, 3.8) is 0 Å². The maximum Gasteiger partial charge on any atom is 0.237 e. The largest absolute Gasteiger partial charge is 0.352 e. The Hall–Kier alpha value is -0.660. The highest BCUT2D eigenvalue weighted by molar-refractivity contribution is 7.88. The van der Waals surface area contributed by atoms with Crippen LogP contribution in [-0.4, -0.2) is 68.0 Å². The summed E-state index contributed by atoms with van der Waals surface area (Å²) in [5.41, 5.74) is 0. The summed E-state index contributed by atoms with van der Waals surface area (Å²) in [4.78, 5) is 14.3. The van der Waals surface area contributed by atoms with Gasteiger partial charge in [-0.1, -0.05) is 12.8 Å². The van der Waals surface area contributed by atoms with Crippen molar-refractivity contribution in [2.45, 2.75) is 44.7 Å². The van der Waals surface area contributed by atoms with Crippen molar-refractivity contribution in [1.82, 2.24) is 14.5 Å². The molecule has 116 valence electrons. The van der Waals surface area contributed by atoms with Crippen LogP contribution >= 0.6 is 0 Å². The van der Waals surface area contributed by atoms with E-state index in [-0.39, 0.29) is 11.9 Å². The number of nitrogens with zero attached hydrogens (tertiary/aromatic N) is 2. The molecule has 1 saturated carbocycles. The maximum absolute atomic E-state index is 12.2. The number of hydrogen-bond acceptors (Lipinski definition) is 4. The molecule has 20 heavy (non-hydrogen) atoms. The lowest BCUT2D eigenvalue weighted by Gasteiger charge is -2.36. The van der Waals surface area contributed by atoms with Crippen LogP contribution in [0.4, 0.5) is 0 Å². The predicted molar refractivity (Wildman–Crippen MR) is 77.9 cm³/mol. The molecular formula is C13H25N3O3S. The molecule has 1 aliphatic heterocycles. The molecule has 0 bridgehead atoms. The molecule has 1 heterocycles. The highest BCUT2D eigenvalue weighted by atomic mass is 32.2. The van der Waals surface area contributed by atoms with Crippen LogP contribution in [0.2, 0.25) is 0 Å². The van der Waals surface area contributed by atoms with Crippen LogP contribution in [0.1, 0.15) is 32.6 Å². The van der Waals surface area contributed by atoms with Gasteiger partial charge >= 0.3 is 0 Å². The first kappa shape index (κ1) is 15.7. The van der Waals surface area contributed by atoms with E-state index < -0.39 is 10.0 Å². The van der Waals surface area contributed by atoms with Crippen LogP contribution in [0.5, 0.6) is 0 Å². The van der Waals surface area contributed by atoms with E-state index in [4.69, 9.17) is 0 Å². The molecule has 6 nitrogen and oxygen atoms in total. The Labute approximate surface area is 121 Å². The van der Waals surface area contributed by atoms with Crippen LogP contribution in [0.3, 0.4) is 0 Å². The predicted octanol–water partition coefficient (Wildman–Crippen LogP) is 0.0109. The number of sulfonamides is 1. The van der Waals surface area contributed by atoms with E-state index in [1.807, 2.05) is 6.92 Å². The number of hydrogen-bond donors (Lipinski definition) is 1. The molecule has 1 N–H and O–H groups in total. The molecule has 2 aliphatic rings. The zero-order chi connectivity index (χ0) is 14.8. The van der Waals surface area contributed by atoms with Crippen molar-refractivity contribution in [3.8, 4) is 0 Å². The highest BCUT2D eigenvalue weighted by Gasteiger charge is 2.29. The molecular weight excluding hydrogens is 278 g/mol. The van der Waals surface area contributed by atoms with Crippen molar-refractivity contribution < 1.29 is 13.2 Å². The molecule has 0 aromatic heterocycles. The summed E-state index contributed by atoms with van der Waals surface area (Å²) in [7, 11) is -3.11. The van der Waals surface area contributed by atoms with Crippen molar-refractivity contribution in [3.05, 3.63) is 0 Å². The minimum absolute atomic E-state index is 0.0738. The number of rotatable bonds is 4. The molecule has 0 spiro atoms. The number of nitrogens with one attached hydrogen (secondary N) is 1. The molecule has 1 saturated heterocycles. The summed E-state index contributed by atoms with van der Waals surface area (Å²) in [5, 5.41) is 3.10. The minimum atomic E-state index is -3.11. The zero-order valence-electron chi connectivity index (χ0n) is 12.3. The second-order valence-corrected chi connectivity index (χ2v) is 7.85. The van der Waals surface area contributed by atoms with Crippen molar-refractivity contribution in [1.29, 1.82) is 0 Å². The molecule has 1 atom stereocenters. The first-order valence-corrected chi connectivity index (χ1v) is 9.22. The second kappa shape index (κ2) is 6.41. The third-order valence-electron chi connectivity index (χ3n) is 4.37. The van der Waals surface area contributed by atoms with E-state index >= 15 is 0 Å². The Bertz CT molecular complexity index is 438. The molecule has 0 aromatic carbocycles. The summed E-state index contributed by atoms with van der Waals surface area (Å²) >= 11 is 0. The molecule has 2 rings (SSSR count). The number of amides is 1. The lowest BCUT2D eigenvalue weighted by Crippen LogP contribution is -2.55. The van der Waals surface area contributed by atoms with Gasteiger partial charge in [-0.3, -0.25) is 9.69 Å². The highest BCUT2D eigenvalue weighted by Crippen LogP contribution is 2.18. The van der Waals surface area contributed by atoms with Gasteiger partial charge < -0.3 is 5.32 Å².